The van der Waals surface area contributed by atoms with Crippen molar-refractivity contribution in [1.82, 2.24) is 19.5 Å². The number of benzene rings is 1. The molecule has 0 bridgehead atoms. The van der Waals surface area contributed by atoms with E-state index in [1.807, 2.05) is 6.33 Å². The van der Waals surface area contributed by atoms with Crippen LogP contribution < -0.4 is 5.32 Å². The normalized spacial score (nSPS) is 14.4. The number of fused-ring (bicyclic) bond motifs is 1. The molecule has 0 unspecified atom stereocenters. The van der Waals surface area contributed by atoms with E-state index in [9.17, 15) is 0 Å². The summed E-state index contributed by atoms with van der Waals surface area (Å²) in [6.45, 7) is 0.886. The minimum atomic E-state index is 0.589. The molecular weight excluding hydrogens is 274 g/mol. The first-order valence-electron chi connectivity index (χ1n) is 7.87. The Kier molecular flexibility index (Phi) is 3.46. The maximum atomic E-state index is 4.49. The molecule has 0 aliphatic heterocycles. The second-order valence-corrected chi connectivity index (χ2v) is 5.79. The molecule has 22 heavy (non-hydrogen) atoms. The molecule has 0 spiro atoms. The molecule has 0 radical (unpaired) electrons. The zero-order valence-electron chi connectivity index (χ0n) is 12.4. The van der Waals surface area contributed by atoms with E-state index in [-0.39, 0.29) is 0 Å². The Bertz CT molecular complexity index is 761. The third-order valence-electron chi connectivity index (χ3n) is 4.08. The van der Waals surface area contributed by atoms with Gasteiger partial charge in [-0.2, -0.15) is 0 Å². The third kappa shape index (κ3) is 2.66. The van der Waals surface area contributed by atoms with Crippen LogP contribution in [0.2, 0.25) is 0 Å². The summed E-state index contributed by atoms with van der Waals surface area (Å²) < 4.78 is 2.17. The van der Waals surface area contributed by atoms with Gasteiger partial charge in [-0.3, -0.25) is 0 Å². The molecule has 112 valence electrons. The van der Waals surface area contributed by atoms with Crippen molar-refractivity contribution in [3.05, 3.63) is 48.5 Å². The van der Waals surface area contributed by atoms with Crippen molar-refractivity contribution in [1.29, 1.82) is 0 Å². The quantitative estimate of drug-likeness (QED) is 0.709. The van der Waals surface area contributed by atoms with Gasteiger partial charge in [0.25, 0.3) is 0 Å². The van der Waals surface area contributed by atoms with E-state index in [1.165, 1.54) is 18.4 Å². The minimum Gasteiger partial charge on any atom is -0.368 e. The smallest absolute Gasteiger partial charge is 0.165 e. The molecule has 1 saturated carbocycles. The van der Waals surface area contributed by atoms with Crippen molar-refractivity contribution in [3.63, 3.8) is 0 Å². The average Bonchev–Trinajstić information content (AvgIpc) is 3.32. The number of aromatic nitrogens is 4. The number of hydrogen-bond donors (Lipinski definition) is 1. The van der Waals surface area contributed by atoms with Crippen LogP contribution in [0.1, 0.15) is 30.9 Å². The molecule has 1 aliphatic rings. The van der Waals surface area contributed by atoms with Crippen LogP contribution in [0.25, 0.3) is 11.2 Å². The maximum Gasteiger partial charge on any atom is 0.165 e. The summed E-state index contributed by atoms with van der Waals surface area (Å²) in [7, 11) is 0. The fourth-order valence-electron chi connectivity index (χ4n) is 2.75. The zero-order valence-corrected chi connectivity index (χ0v) is 12.4. The minimum absolute atomic E-state index is 0.589. The van der Waals surface area contributed by atoms with Gasteiger partial charge in [0.2, 0.25) is 0 Å². The van der Waals surface area contributed by atoms with Gasteiger partial charge in [0.1, 0.15) is 11.8 Å². The molecule has 1 aliphatic carbocycles. The average molecular weight is 293 g/mol. The van der Waals surface area contributed by atoms with E-state index in [0.717, 1.165) is 36.4 Å². The molecule has 1 aromatic carbocycles. The SMILES string of the molecule is c1ccc(CCCNc2ncnc3c2ncn3C2CC2)cc1. The first-order chi connectivity index (χ1) is 10.9. The summed E-state index contributed by atoms with van der Waals surface area (Å²) in [6, 6.07) is 11.1. The fraction of sp³-hybridized carbons (Fsp3) is 0.353. The number of nitrogens with zero attached hydrogens (tertiary/aromatic N) is 4. The second-order valence-electron chi connectivity index (χ2n) is 5.79. The molecule has 0 saturated heterocycles. The van der Waals surface area contributed by atoms with Crippen LogP contribution in [-0.4, -0.2) is 26.1 Å². The van der Waals surface area contributed by atoms with Crippen LogP contribution in [-0.2, 0) is 6.42 Å². The summed E-state index contributed by atoms with van der Waals surface area (Å²) in [6.07, 6.45) is 8.12. The highest BCUT2D eigenvalue weighted by molar-refractivity contribution is 5.82. The summed E-state index contributed by atoms with van der Waals surface area (Å²) >= 11 is 0. The molecule has 3 aromatic rings. The van der Waals surface area contributed by atoms with Gasteiger partial charge in [0, 0.05) is 12.6 Å². The predicted molar refractivity (Wildman–Crippen MR) is 86.8 cm³/mol. The van der Waals surface area contributed by atoms with Gasteiger partial charge in [-0.1, -0.05) is 30.3 Å². The van der Waals surface area contributed by atoms with E-state index in [0.29, 0.717) is 6.04 Å². The number of anilines is 1. The number of imidazole rings is 1. The van der Waals surface area contributed by atoms with Crippen molar-refractivity contribution < 1.29 is 0 Å². The van der Waals surface area contributed by atoms with Crippen LogP contribution in [0.15, 0.2) is 43.0 Å². The zero-order chi connectivity index (χ0) is 14.8. The van der Waals surface area contributed by atoms with E-state index in [4.69, 9.17) is 0 Å². The van der Waals surface area contributed by atoms with Gasteiger partial charge in [-0.15, -0.1) is 0 Å². The lowest BCUT2D eigenvalue weighted by atomic mass is 10.1. The highest BCUT2D eigenvalue weighted by atomic mass is 15.2. The van der Waals surface area contributed by atoms with Crippen LogP contribution in [0.3, 0.4) is 0 Å². The summed E-state index contributed by atoms with van der Waals surface area (Å²) in [5.74, 6) is 0.845. The lowest BCUT2D eigenvalue weighted by molar-refractivity contribution is 0.756. The van der Waals surface area contributed by atoms with Gasteiger partial charge < -0.3 is 9.88 Å². The van der Waals surface area contributed by atoms with E-state index in [1.54, 1.807) is 6.33 Å². The number of rotatable bonds is 6. The molecule has 1 fully saturated rings. The third-order valence-corrected chi connectivity index (χ3v) is 4.08. The van der Waals surface area contributed by atoms with Gasteiger partial charge in [-0.25, -0.2) is 15.0 Å². The monoisotopic (exact) mass is 293 g/mol. The molecule has 0 atom stereocenters. The Morgan fingerprint density at radius 2 is 1.95 bits per heavy atom. The number of nitrogens with one attached hydrogen (secondary N) is 1. The Morgan fingerprint density at radius 1 is 1.09 bits per heavy atom. The van der Waals surface area contributed by atoms with Crippen LogP contribution in [0.4, 0.5) is 5.82 Å². The summed E-state index contributed by atoms with van der Waals surface area (Å²) in [5, 5.41) is 3.40. The molecule has 5 heteroatoms. The van der Waals surface area contributed by atoms with Gasteiger partial charge in [-0.05, 0) is 31.2 Å². The Hall–Kier alpha value is -2.43. The Balaban J connectivity index is 1.41. The van der Waals surface area contributed by atoms with E-state index < -0.39 is 0 Å². The van der Waals surface area contributed by atoms with Crippen molar-refractivity contribution in [2.45, 2.75) is 31.7 Å². The van der Waals surface area contributed by atoms with Crippen molar-refractivity contribution in [2.24, 2.45) is 0 Å². The summed E-state index contributed by atoms with van der Waals surface area (Å²) in [5.41, 5.74) is 3.20. The molecule has 5 nitrogen and oxygen atoms in total. The largest absolute Gasteiger partial charge is 0.368 e. The van der Waals surface area contributed by atoms with E-state index in [2.05, 4.69) is 55.2 Å². The standard InChI is InChI=1S/C17H19N5/c1-2-5-13(6-3-1)7-4-10-18-16-15-17(20-11-19-16)22(12-21-15)14-8-9-14/h1-3,5-6,11-12,14H,4,7-10H2,(H,18,19,20). The molecule has 0 amide bonds. The van der Waals surface area contributed by atoms with E-state index >= 15 is 0 Å². The van der Waals surface area contributed by atoms with Gasteiger partial charge >= 0.3 is 0 Å². The highest BCUT2D eigenvalue weighted by Gasteiger charge is 2.26. The molecule has 1 N–H and O–H groups in total. The van der Waals surface area contributed by atoms with Gasteiger partial charge in [0.15, 0.2) is 11.5 Å². The van der Waals surface area contributed by atoms with Crippen molar-refractivity contribution >= 4 is 17.0 Å². The number of hydrogen-bond acceptors (Lipinski definition) is 4. The number of aryl methyl sites for hydroxylation is 1. The van der Waals surface area contributed by atoms with Crippen LogP contribution in [0.5, 0.6) is 0 Å². The Morgan fingerprint density at radius 3 is 2.77 bits per heavy atom. The molecule has 2 heterocycles. The molecule has 4 rings (SSSR count). The highest BCUT2D eigenvalue weighted by Crippen LogP contribution is 2.37. The van der Waals surface area contributed by atoms with Gasteiger partial charge in [0.05, 0.1) is 6.33 Å². The molecular formula is C17H19N5. The van der Waals surface area contributed by atoms with Crippen LogP contribution in [0, 0.1) is 0 Å². The topological polar surface area (TPSA) is 55.6 Å². The predicted octanol–water partition coefficient (Wildman–Crippen LogP) is 3.21. The molecule has 2 aromatic heterocycles. The first kappa shape index (κ1) is 13.2. The van der Waals surface area contributed by atoms with Crippen molar-refractivity contribution in [3.8, 4) is 0 Å². The lowest BCUT2D eigenvalue weighted by Crippen LogP contribution is -2.06. The lowest BCUT2D eigenvalue weighted by Gasteiger charge is -2.06. The van der Waals surface area contributed by atoms with Crippen LogP contribution >= 0.6 is 0 Å². The fourth-order valence-corrected chi connectivity index (χ4v) is 2.75. The van der Waals surface area contributed by atoms with Crippen molar-refractivity contribution in [2.75, 3.05) is 11.9 Å². The maximum absolute atomic E-state index is 4.49. The summed E-state index contributed by atoms with van der Waals surface area (Å²) in [4.78, 5) is 13.2. The first-order valence-corrected chi connectivity index (χ1v) is 7.87. The second kappa shape index (κ2) is 5.75. The Labute approximate surface area is 129 Å².